The largest absolute Gasteiger partial charge is 0.491 e. The number of pyridine rings is 1. The smallest absolute Gasteiger partial charge is 0.142 e. The molecule has 0 unspecified atom stereocenters. The standard InChI is InChI=1S/C16H26N2O/c1-2-9-17-11-15-8-10-18-12-16(15)19-13-14-6-4-3-5-7-14/h8,10,12,14,17H,2-7,9,11,13H2,1H3. The molecule has 0 radical (unpaired) electrons. The van der Waals surface area contributed by atoms with Crippen LogP contribution in [0.15, 0.2) is 18.5 Å². The zero-order chi connectivity index (χ0) is 13.3. The lowest BCUT2D eigenvalue weighted by Gasteiger charge is -2.22. The van der Waals surface area contributed by atoms with Crippen molar-refractivity contribution in [3.8, 4) is 5.75 Å². The summed E-state index contributed by atoms with van der Waals surface area (Å²) in [5.74, 6) is 1.70. The van der Waals surface area contributed by atoms with Crippen molar-refractivity contribution in [1.82, 2.24) is 10.3 Å². The third kappa shape index (κ3) is 4.83. The van der Waals surface area contributed by atoms with E-state index in [1.807, 2.05) is 12.4 Å². The third-order valence-corrected chi connectivity index (χ3v) is 3.81. The van der Waals surface area contributed by atoms with Crippen LogP contribution in [0.3, 0.4) is 0 Å². The van der Waals surface area contributed by atoms with Gasteiger partial charge in [-0.25, -0.2) is 0 Å². The van der Waals surface area contributed by atoms with Gasteiger partial charge in [-0.3, -0.25) is 4.98 Å². The molecule has 1 aromatic rings. The Morgan fingerprint density at radius 1 is 1.32 bits per heavy atom. The van der Waals surface area contributed by atoms with Crippen LogP contribution < -0.4 is 10.1 Å². The highest BCUT2D eigenvalue weighted by molar-refractivity contribution is 5.29. The zero-order valence-electron chi connectivity index (χ0n) is 12.0. The molecule has 1 fully saturated rings. The number of hydrogen-bond donors (Lipinski definition) is 1. The van der Waals surface area contributed by atoms with Crippen LogP contribution in [0.25, 0.3) is 0 Å². The number of aromatic nitrogens is 1. The topological polar surface area (TPSA) is 34.2 Å². The Kier molecular flexibility index (Phi) is 6.15. The first-order chi connectivity index (χ1) is 9.40. The summed E-state index contributed by atoms with van der Waals surface area (Å²) in [6.07, 6.45) is 11.6. The van der Waals surface area contributed by atoms with E-state index in [1.54, 1.807) is 0 Å². The second-order valence-electron chi connectivity index (χ2n) is 5.48. The Morgan fingerprint density at radius 3 is 2.95 bits per heavy atom. The minimum absolute atomic E-state index is 0.741. The molecule has 1 aromatic heterocycles. The molecule has 106 valence electrons. The molecule has 0 atom stereocenters. The van der Waals surface area contributed by atoms with Gasteiger partial charge >= 0.3 is 0 Å². The average Bonchev–Trinajstić information content (AvgIpc) is 2.48. The number of rotatable bonds is 7. The molecular weight excluding hydrogens is 236 g/mol. The van der Waals surface area contributed by atoms with Gasteiger partial charge in [0.25, 0.3) is 0 Å². The van der Waals surface area contributed by atoms with Gasteiger partial charge in [0.15, 0.2) is 0 Å². The van der Waals surface area contributed by atoms with E-state index < -0.39 is 0 Å². The summed E-state index contributed by atoms with van der Waals surface area (Å²) in [4.78, 5) is 4.18. The Labute approximate surface area is 116 Å². The summed E-state index contributed by atoms with van der Waals surface area (Å²) in [6, 6.07) is 2.05. The lowest BCUT2D eigenvalue weighted by molar-refractivity contribution is 0.206. The van der Waals surface area contributed by atoms with E-state index in [1.165, 1.54) is 37.7 Å². The maximum absolute atomic E-state index is 6.00. The first-order valence-corrected chi connectivity index (χ1v) is 7.66. The van der Waals surface area contributed by atoms with Crippen molar-refractivity contribution in [2.45, 2.75) is 52.0 Å². The van der Waals surface area contributed by atoms with Crippen molar-refractivity contribution < 1.29 is 4.74 Å². The van der Waals surface area contributed by atoms with E-state index >= 15 is 0 Å². The van der Waals surface area contributed by atoms with Crippen LogP contribution in [-0.2, 0) is 6.54 Å². The molecule has 1 N–H and O–H groups in total. The minimum atomic E-state index is 0.741. The number of ether oxygens (including phenoxy) is 1. The van der Waals surface area contributed by atoms with E-state index in [9.17, 15) is 0 Å². The highest BCUT2D eigenvalue weighted by Gasteiger charge is 2.14. The van der Waals surface area contributed by atoms with Crippen molar-refractivity contribution in [2.24, 2.45) is 5.92 Å². The molecule has 3 nitrogen and oxygen atoms in total. The normalized spacial score (nSPS) is 16.5. The number of hydrogen-bond acceptors (Lipinski definition) is 3. The van der Waals surface area contributed by atoms with Gasteiger partial charge < -0.3 is 10.1 Å². The molecule has 2 rings (SSSR count). The summed E-state index contributed by atoms with van der Waals surface area (Å²) in [5.41, 5.74) is 1.22. The van der Waals surface area contributed by atoms with Crippen molar-refractivity contribution in [2.75, 3.05) is 13.2 Å². The fourth-order valence-corrected chi connectivity index (χ4v) is 2.65. The van der Waals surface area contributed by atoms with Crippen molar-refractivity contribution in [3.63, 3.8) is 0 Å². The summed E-state index contributed by atoms with van der Waals surface area (Å²) in [7, 11) is 0. The first-order valence-electron chi connectivity index (χ1n) is 7.66. The lowest BCUT2D eigenvalue weighted by Crippen LogP contribution is -2.18. The molecule has 0 amide bonds. The highest BCUT2D eigenvalue weighted by atomic mass is 16.5. The molecule has 1 aliphatic rings. The highest BCUT2D eigenvalue weighted by Crippen LogP contribution is 2.25. The maximum atomic E-state index is 6.00. The summed E-state index contributed by atoms with van der Waals surface area (Å²) < 4.78 is 6.00. The fourth-order valence-electron chi connectivity index (χ4n) is 2.65. The molecule has 0 aromatic carbocycles. The van der Waals surface area contributed by atoms with Gasteiger partial charge in [-0.15, -0.1) is 0 Å². The summed E-state index contributed by atoms with van der Waals surface area (Å²) >= 11 is 0. The Morgan fingerprint density at radius 2 is 2.16 bits per heavy atom. The molecule has 3 heteroatoms. The molecule has 0 bridgehead atoms. The number of nitrogens with zero attached hydrogens (tertiary/aromatic N) is 1. The quantitative estimate of drug-likeness (QED) is 0.763. The van der Waals surface area contributed by atoms with E-state index in [-0.39, 0.29) is 0 Å². The predicted octanol–water partition coefficient (Wildman–Crippen LogP) is 3.54. The number of nitrogens with one attached hydrogen (secondary N) is 1. The summed E-state index contributed by atoms with van der Waals surface area (Å²) in [5, 5.41) is 3.42. The Hall–Kier alpha value is -1.09. The van der Waals surface area contributed by atoms with Crippen LogP contribution in [0.5, 0.6) is 5.75 Å². The molecule has 1 heterocycles. The van der Waals surface area contributed by atoms with Gasteiger partial charge in [0, 0.05) is 18.3 Å². The average molecular weight is 262 g/mol. The Balaban J connectivity index is 1.84. The van der Waals surface area contributed by atoms with Gasteiger partial charge in [-0.05, 0) is 37.8 Å². The lowest BCUT2D eigenvalue weighted by atomic mass is 9.90. The molecule has 1 saturated carbocycles. The molecular formula is C16H26N2O. The second-order valence-corrected chi connectivity index (χ2v) is 5.48. The van der Waals surface area contributed by atoms with Crippen LogP contribution in [0.1, 0.15) is 51.0 Å². The SMILES string of the molecule is CCCNCc1ccncc1OCC1CCCCC1. The Bertz CT molecular complexity index is 362. The van der Waals surface area contributed by atoms with Crippen LogP contribution in [0.4, 0.5) is 0 Å². The van der Waals surface area contributed by atoms with Crippen molar-refractivity contribution in [3.05, 3.63) is 24.0 Å². The molecule has 0 saturated heterocycles. The monoisotopic (exact) mass is 262 g/mol. The minimum Gasteiger partial charge on any atom is -0.491 e. The van der Waals surface area contributed by atoms with Crippen LogP contribution >= 0.6 is 0 Å². The molecule has 0 spiro atoms. The van der Waals surface area contributed by atoms with E-state index in [0.717, 1.165) is 37.8 Å². The summed E-state index contributed by atoms with van der Waals surface area (Å²) in [6.45, 7) is 4.95. The van der Waals surface area contributed by atoms with Gasteiger partial charge in [0.05, 0.1) is 12.8 Å². The first kappa shape index (κ1) is 14.3. The van der Waals surface area contributed by atoms with E-state index in [2.05, 4.69) is 23.3 Å². The van der Waals surface area contributed by atoms with Crippen LogP contribution in [0.2, 0.25) is 0 Å². The van der Waals surface area contributed by atoms with Gasteiger partial charge in [0.1, 0.15) is 5.75 Å². The van der Waals surface area contributed by atoms with Crippen LogP contribution in [0, 0.1) is 5.92 Å². The van der Waals surface area contributed by atoms with E-state index in [0.29, 0.717) is 0 Å². The van der Waals surface area contributed by atoms with E-state index in [4.69, 9.17) is 4.74 Å². The molecule has 0 aliphatic heterocycles. The van der Waals surface area contributed by atoms with Crippen molar-refractivity contribution in [1.29, 1.82) is 0 Å². The van der Waals surface area contributed by atoms with Crippen molar-refractivity contribution >= 4 is 0 Å². The fraction of sp³-hybridized carbons (Fsp3) is 0.688. The predicted molar refractivity (Wildman–Crippen MR) is 78.3 cm³/mol. The van der Waals surface area contributed by atoms with Crippen LogP contribution in [-0.4, -0.2) is 18.1 Å². The maximum Gasteiger partial charge on any atom is 0.142 e. The van der Waals surface area contributed by atoms with Gasteiger partial charge in [0.2, 0.25) is 0 Å². The molecule has 19 heavy (non-hydrogen) atoms. The van der Waals surface area contributed by atoms with Gasteiger partial charge in [-0.2, -0.15) is 0 Å². The second kappa shape index (κ2) is 8.16. The zero-order valence-corrected chi connectivity index (χ0v) is 12.0. The molecule has 1 aliphatic carbocycles. The third-order valence-electron chi connectivity index (χ3n) is 3.81. The van der Waals surface area contributed by atoms with Gasteiger partial charge in [-0.1, -0.05) is 26.2 Å².